The number of benzene rings is 2. The lowest BCUT2D eigenvalue weighted by molar-refractivity contribution is -0.384. The minimum absolute atomic E-state index is 0.0571. The Morgan fingerprint density at radius 1 is 1.23 bits per heavy atom. The average molecular weight is 357 g/mol. The summed E-state index contributed by atoms with van der Waals surface area (Å²) in [5.41, 5.74) is 4.42. The van der Waals surface area contributed by atoms with Gasteiger partial charge in [-0.1, -0.05) is 6.07 Å². The van der Waals surface area contributed by atoms with Crippen molar-refractivity contribution in [3.05, 3.63) is 64.2 Å². The monoisotopic (exact) mass is 357 g/mol. The Morgan fingerprint density at radius 2 is 1.96 bits per heavy atom. The number of ether oxygens (including phenoxy) is 1. The topological polar surface area (TPSA) is 114 Å². The number of hydrogen-bond acceptors (Lipinski definition) is 6. The van der Waals surface area contributed by atoms with E-state index in [1.807, 2.05) is 6.92 Å². The molecule has 8 nitrogen and oxygen atoms in total. The van der Waals surface area contributed by atoms with Gasteiger partial charge >= 0.3 is 5.97 Å². The predicted octanol–water partition coefficient (Wildman–Crippen LogP) is 3.67. The van der Waals surface area contributed by atoms with Crippen molar-refractivity contribution in [3.63, 3.8) is 0 Å². The van der Waals surface area contributed by atoms with Gasteiger partial charge in [-0.15, -0.1) is 0 Å². The molecule has 2 N–H and O–H groups in total. The van der Waals surface area contributed by atoms with E-state index in [1.165, 1.54) is 12.1 Å². The molecular weight excluding hydrogens is 338 g/mol. The van der Waals surface area contributed by atoms with Crippen LogP contribution in [0.25, 0.3) is 0 Å². The maximum atomic E-state index is 10.9. The van der Waals surface area contributed by atoms with Gasteiger partial charge in [-0.05, 0) is 42.8 Å². The molecule has 0 aliphatic heterocycles. The molecule has 0 aliphatic rings. The van der Waals surface area contributed by atoms with Gasteiger partial charge in [0.25, 0.3) is 5.69 Å². The highest BCUT2D eigenvalue weighted by atomic mass is 16.6. The van der Waals surface area contributed by atoms with Gasteiger partial charge in [0, 0.05) is 18.6 Å². The summed E-state index contributed by atoms with van der Waals surface area (Å²) in [7, 11) is 0. The number of carboxylic acids is 1. The highest BCUT2D eigenvalue weighted by Gasteiger charge is 2.09. The van der Waals surface area contributed by atoms with E-state index < -0.39 is 10.9 Å². The molecule has 2 rings (SSSR count). The number of nitro groups is 1. The van der Waals surface area contributed by atoms with E-state index in [1.54, 1.807) is 36.4 Å². The van der Waals surface area contributed by atoms with E-state index in [-0.39, 0.29) is 18.5 Å². The highest BCUT2D eigenvalue weighted by molar-refractivity contribution is 6.02. The van der Waals surface area contributed by atoms with Crippen molar-refractivity contribution in [3.8, 4) is 5.75 Å². The van der Waals surface area contributed by atoms with E-state index in [4.69, 9.17) is 9.84 Å². The lowest BCUT2D eigenvalue weighted by Gasteiger charge is -2.09. The first-order chi connectivity index (χ1) is 12.5. The van der Waals surface area contributed by atoms with Crippen molar-refractivity contribution in [1.82, 2.24) is 0 Å². The molecule has 0 bridgehead atoms. The molecule has 0 atom stereocenters. The quantitative estimate of drug-likeness (QED) is 0.402. The van der Waals surface area contributed by atoms with Gasteiger partial charge in [-0.25, -0.2) is 0 Å². The number of non-ortho nitro benzene ring substituents is 1. The van der Waals surface area contributed by atoms with Crippen molar-refractivity contribution in [2.75, 3.05) is 12.0 Å². The fraction of sp³-hybridized carbons (Fsp3) is 0.222. The molecule has 0 fully saturated rings. The number of aliphatic carboxylic acids is 1. The zero-order valence-electron chi connectivity index (χ0n) is 14.2. The number of carboxylic acid groups (broad SMARTS) is 1. The first-order valence-electron chi connectivity index (χ1n) is 8.01. The van der Waals surface area contributed by atoms with Crippen LogP contribution in [-0.4, -0.2) is 28.3 Å². The number of hydrazone groups is 1. The third-order valence-corrected chi connectivity index (χ3v) is 3.45. The smallest absolute Gasteiger partial charge is 0.303 e. The van der Waals surface area contributed by atoms with Crippen LogP contribution in [0.4, 0.5) is 11.4 Å². The second-order valence-corrected chi connectivity index (χ2v) is 5.33. The largest absolute Gasteiger partial charge is 0.494 e. The Hall–Kier alpha value is -3.42. The molecule has 0 amide bonds. The van der Waals surface area contributed by atoms with Crippen molar-refractivity contribution in [2.24, 2.45) is 5.10 Å². The molecular formula is C18H19N3O5. The summed E-state index contributed by atoms with van der Waals surface area (Å²) in [6, 6.07) is 13.1. The van der Waals surface area contributed by atoms with Gasteiger partial charge in [0.2, 0.25) is 0 Å². The molecule has 0 aromatic heterocycles. The van der Waals surface area contributed by atoms with Crippen LogP contribution in [-0.2, 0) is 4.79 Å². The fourth-order valence-corrected chi connectivity index (χ4v) is 2.22. The number of anilines is 1. The summed E-state index contributed by atoms with van der Waals surface area (Å²) in [6.07, 6.45) is 0.133. The highest BCUT2D eigenvalue weighted by Crippen LogP contribution is 2.18. The second-order valence-electron chi connectivity index (χ2n) is 5.33. The van der Waals surface area contributed by atoms with Crippen molar-refractivity contribution in [2.45, 2.75) is 19.8 Å². The summed E-state index contributed by atoms with van der Waals surface area (Å²) >= 11 is 0. The van der Waals surface area contributed by atoms with Crippen LogP contribution in [0.2, 0.25) is 0 Å². The SMILES string of the molecule is CCOc1ccc(/C(CCC(=O)O)=N\Nc2cccc([N+](=O)[O-])c2)cc1. The number of nitro benzene ring substituents is 1. The number of carbonyl (C=O) groups is 1. The van der Waals surface area contributed by atoms with E-state index in [9.17, 15) is 14.9 Å². The third-order valence-electron chi connectivity index (χ3n) is 3.45. The Kier molecular flexibility index (Phi) is 6.67. The fourth-order valence-electron chi connectivity index (χ4n) is 2.22. The molecule has 2 aromatic rings. The lowest BCUT2D eigenvalue weighted by Crippen LogP contribution is -2.08. The van der Waals surface area contributed by atoms with Gasteiger partial charge in [0.1, 0.15) is 5.75 Å². The van der Waals surface area contributed by atoms with E-state index in [0.29, 0.717) is 23.8 Å². The summed E-state index contributed by atoms with van der Waals surface area (Å²) in [6.45, 7) is 2.43. The van der Waals surface area contributed by atoms with Crippen molar-refractivity contribution >= 4 is 23.1 Å². The minimum Gasteiger partial charge on any atom is -0.494 e. The predicted molar refractivity (Wildman–Crippen MR) is 97.7 cm³/mol. The Labute approximate surface area is 150 Å². The molecule has 2 aromatic carbocycles. The summed E-state index contributed by atoms with van der Waals surface area (Å²) < 4.78 is 5.39. The molecule has 0 spiro atoms. The van der Waals surface area contributed by atoms with Crippen LogP contribution >= 0.6 is 0 Å². The lowest BCUT2D eigenvalue weighted by atomic mass is 10.1. The number of nitrogens with zero attached hydrogens (tertiary/aromatic N) is 2. The van der Waals surface area contributed by atoms with Gasteiger partial charge < -0.3 is 9.84 Å². The van der Waals surface area contributed by atoms with Crippen LogP contribution < -0.4 is 10.2 Å². The minimum atomic E-state index is -0.931. The molecule has 0 saturated carbocycles. The Morgan fingerprint density at radius 3 is 2.58 bits per heavy atom. The zero-order chi connectivity index (χ0) is 18.9. The Balaban J connectivity index is 2.22. The summed E-state index contributed by atoms with van der Waals surface area (Å²) in [5.74, 6) is -0.223. The third kappa shape index (κ3) is 5.59. The Bertz CT molecular complexity index is 803. The van der Waals surface area contributed by atoms with Gasteiger partial charge in [0.15, 0.2) is 0 Å². The van der Waals surface area contributed by atoms with E-state index in [0.717, 1.165) is 5.56 Å². The standard InChI is InChI=1S/C18H19N3O5/c1-2-26-16-8-6-13(7-9-16)17(10-11-18(22)23)20-19-14-4-3-5-15(12-14)21(24)25/h3-9,12,19H,2,10-11H2,1H3,(H,22,23)/b20-17-. The summed E-state index contributed by atoms with van der Waals surface area (Å²) in [4.78, 5) is 21.2. The maximum Gasteiger partial charge on any atom is 0.303 e. The van der Waals surface area contributed by atoms with Crippen molar-refractivity contribution < 1.29 is 19.6 Å². The molecule has 0 saturated heterocycles. The van der Waals surface area contributed by atoms with Gasteiger partial charge in [0.05, 0.1) is 29.4 Å². The van der Waals surface area contributed by atoms with E-state index in [2.05, 4.69) is 10.5 Å². The molecule has 0 heterocycles. The average Bonchev–Trinajstić information content (AvgIpc) is 2.63. The normalized spacial score (nSPS) is 11.0. The maximum absolute atomic E-state index is 10.9. The van der Waals surface area contributed by atoms with Crippen LogP contribution in [0, 0.1) is 10.1 Å². The first kappa shape index (κ1) is 18.9. The number of nitrogens with one attached hydrogen (secondary N) is 1. The summed E-state index contributed by atoms with van der Waals surface area (Å²) in [5, 5.41) is 24.0. The zero-order valence-corrected chi connectivity index (χ0v) is 14.2. The van der Waals surface area contributed by atoms with Crippen LogP contribution in [0.5, 0.6) is 5.75 Å². The van der Waals surface area contributed by atoms with Gasteiger partial charge in [-0.3, -0.25) is 20.3 Å². The van der Waals surface area contributed by atoms with Gasteiger partial charge in [-0.2, -0.15) is 5.10 Å². The molecule has 0 aliphatic carbocycles. The first-order valence-corrected chi connectivity index (χ1v) is 8.01. The van der Waals surface area contributed by atoms with Crippen LogP contribution in [0.3, 0.4) is 0 Å². The van der Waals surface area contributed by atoms with E-state index >= 15 is 0 Å². The van der Waals surface area contributed by atoms with Crippen molar-refractivity contribution in [1.29, 1.82) is 0 Å². The van der Waals surface area contributed by atoms with Crippen LogP contribution in [0.15, 0.2) is 53.6 Å². The van der Waals surface area contributed by atoms with Crippen LogP contribution in [0.1, 0.15) is 25.3 Å². The number of hydrogen-bond donors (Lipinski definition) is 2. The molecule has 26 heavy (non-hydrogen) atoms. The molecule has 0 radical (unpaired) electrons. The second kappa shape index (κ2) is 9.16. The molecule has 0 unspecified atom stereocenters. The molecule has 8 heteroatoms. The number of rotatable bonds is 9. The molecule has 136 valence electrons.